The van der Waals surface area contributed by atoms with E-state index < -0.39 is 17.9 Å². The molecule has 3 heterocycles. The molecule has 1 aliphatic rings. The number of methoxy groups -OCH3 is 1. The zero-order valence-corrected chi connectivity index (χ0v) is 22.2. The molecule has 7 nitrogen and oxygen atoms in total. The molecule has 1 N–H and O–H groups in total. The number of piperazine rings is 1. The van der Waals surface area contributed by atoms with Crippen molar-refractivity contribution in [2.24, 2.45) is 0 Å². The van der Waals surface area contributed by atoms with Crippen LogP contribution >= 0.6 is 0 Å². The number of aromatic amines is 1. The van der Waals surface area contributed by atoms with Crippen LogP contribution in [0.3, 0.4) is 0 Å². The second kappa shape index (κ2) is 10.7. The number of carbonyl (C=O) groups excluding carboxylic acids is 1. The Kier molecular flexibility index (Phi) is 7.31. The molecule has 2 aromatic carbocycles. The van der Waals surface area contributed by atoms with Crippen LogP contribution in [-0.4, -0.2) is 60.4 Å². The number of benzene rings is 2. The summed E-state index contributed by atoms with van der Waals surface area (Å²) >= 11 is 0. The van der Waals surface area contributed by atoms with Crippen molar-refractivity contribution in [3.05, 3.63) is 71.8 Å². The monoisotopic (exact) mass is 556 g/mol. The minimum Gasteiger partial charge on any atom is -0.496 e. The third kappa shape index (κ3) is 5.28. The molecule has 1 amide bonds. The Bertz CT molecular complexity index is 1540. The van der Waals surface area contributed by atoms with Gasteiger partial charge < -0.3 is 24.3 Å². The number of hydrogen-bond donors (Lipinski definition) is 1. The Morgan fingerprint density at radius 1 is 1.00 bits per heavy atom. The van der Waals surface area contributed by atoms with Gasteiger partial charge in [-0.25, -0.2) is 9.37 Å². The van der Waals surface area contributed by atoms with E-state index in [4.69, 9.17) is 4.74 Å². The molecule has 1 saturated heterocycles. The van der Waals surface area contributed by atoms with Gasteiger partial charge in [-0.15, -0.1) is 13.2 Å². The SMILES string of the molecule is COc1ccccc1-c1cc(C(C)C)c(F)c2[nH]c(C(=O)N3CCN(c4ncccc4OC(F)(F)F)CC3)cc12. The highest BCUT2D eigenvalue weighted by atomic mass is 19.4. The molecule has 2 aromatic heterocycles. The number of alkyl halides is 3. The van der Waals surface area contributed by atoms with E-state index in [0.717, 1.165) is 11.1 Å². The number of fused-ring (bicyclic) bond motifs is 1. The van der Waals surface area contributed by atoms with Crippen LogP contribution in [0.1, 0.15) is 35.8 Å². The third-order valence-electron chi connectivity index (χ3n) is 6.97. The first-order valence-electron chi connectivity index (χ1n) is 12.8. The lowest BCUT2D eigenvalue weighted by Gasteiger charge is -2.35. The summed E-state index contributed by atoms with van der Waals surface area (Å²) in [5.74, 6) is -0.571. The number of H-pyrrole nitrogens is 1. The van der Waals surface area contributed by atoms with Crippen molar-refractivity contribution >= 4 is 22.6 Å². The molecule has 0 bridgehead atoms. The number of nitrogens with one attached hydrogen (secondary N) is 1. The number of ether oxygens (including phenoxy) is 2. The number of hydrogen-bond acceptors (Lipinski definition) is 5. The number of para-hydroxylation sites is 1. The molecule has 40 heavy (non-hydrogen) atoms. The summed E-state index contributed by atoms with van der Waals surface area (Å²) in [6.07, 6.45) is -3.46. The van der Waals surface area contributed by atoms with E-state index >= 15 is 4.39 Å². The summed E-state index contributed by atoms with van der Waals surface area (Å²) in [4.78, 5) is 23.8. The van der Waals surface area contributed by atoms with Gasteiger partial charge in [0.05, 0.1) is 12.6 Å². The van der Waals surface area contributed by atoms with Gasteiger partial charge in [0.1, 0.15) is 11.4 Å². The highest BCUT2D eigenvalue weighted by Crippen LogP contribution is 2.39. The van der Waals surface area contributed by atoms with Crippen molar-refractivity contribution in [3.8, 4) is 22.6 Å². The van der Waals surface area contributed by atoms with Crippen molar-refractivity contribution in [2.75, 3.05) is 38.2 Å². The zero-order chi connectivity index (χ0) is 28.6. The minimum atomic E-state index is -4.85. The molecule has 0 radical (unpaired) electrons. The quantitative estimate of drug-likeness (QED) is 0.280. The Balaban J connectivity index is 1.44. The topological polar surface area (TPSA) is 70.7 Å². The summed E-state index contributed by atoms with van der Waals surface area (Å²) in [6, 6.07) is 13.4. The summed E-state index contributed by atoms with van der Waals surface area (Å²) in [5, 5.41) is 0.552. The van der Waals surface area contributed by atoms with E-state index in [0.29, 0.717) is 16.7 Å². The maximum Gasteiger partial charge on any atom is 0.573 e. The fraction of sp³-hybridized carbons (Fsp3) is 0.310. The number of amides is 1. The number of halogens is 4. The van der Waals surface area contributed by atoms with Crippen LogP contribution in [-0.2, 0) is 0 Å². The largest absolute Gasteiger partial charge is 0.573 e. The van der Waals surface area contributed by atoms with Gasteiger partial charge in [0, 0.05) is 43.3 Å². The molecule has 11 heteroatoms. The van der Waals surface area contributed by atoms with E-state index in [2.05, 4.69) is 14.7 Å². The smallest absolute Gasteiger partial charge is 0.496 e. The first-order valence-corrected chi connectivity index (χ1v) is 12.8. The number of anilines is 1. The van der Waals surface area contributed by atoms with Crippen molar-refractivity contribution in [2.45, 2.75) is 26.1 Å². The van der Waals surface area contributed by atoms with Crippen LogP contribution in [0.2, 0.25) is 0 Å². The average molecular weight is 557 g/mol. The van der Waals surface area contributed by atoms with Crippen molar-refractivity contribution in [3.63, 3.8) is 0 Å². The predicted molar refractivity (Wildman–Crippen MR) is 143 cm³/mol. The van der Waals surface area contributed by atoms with Crippen LogP contribution < -0.4 is 14.4 Å². The summed E-state index contributed by atoms with van der Waals surface area (Å²) < 4.78 is 63.8. The number of aromatic nitrogens is 2. The molecule has 0 atom stereocenters. The molecule has 5 rings (SSSR count). The summed E-state index contributed by atoms with van der Waals surface area (Å²) in [5.41, 5.74) is 2.48. The van der Waals surface area contributed by atoms with Crippen molar-refractivity contribution < 1.29 is 31.8 Å². The number of rotatable bonds is 6. The molecule has 0 spiro atoms. The molecule has 4 aromatic rings. The van der Waals surface area contributed by atoms with Gasteiger partial charge in [-0.2, -0.15) is 0 Å². The van der Waals surface area contributed by atoms with Crippen LogP contribution in [0, 0.1) is 5.82 Å². The molecule has 0 unspecified atom stereocenters. The van der Waals surface area contributed by atoms with Gasteiger partial charge >= 0.3 is 6.36 Å². The summed E-state index contributed by atoms with van der Waals surface area (Å²) in [7, 11) is 1.57. The standard InChI is InChI=1S/C29H28F4N4O3/c1-17(2)19-15-20(18-7-4-5-8-23(18)39-3)21-16-22(35-26(21)25(19)30)28(38)37-13-11-36(12-14-37)27-24(9-6-10-34-27)40-29(31,32)33/h4-10,15-17,35H,11-14H2,1-3H3. The first-order chi connectivity index (χ1) is 19.1. The van der Waals surface area contributed by atoms with Crippen LogP contribution in [0.25, 0.3) is 22.0 Å². The predicted octanol–water partition coefficient (Wildman–Crippen LogP) is 6.36. The van der Waals surface area contributed by atoms with E-state index in [-0.39, 0.29) is 55.0 Å². The Morgan fingerprint density at radius 3 is 2.38 bits per heavy atom. The fourth-order valence-electron chi connectivity index (χ4n) is 5.02. The van der Waals surface area contributed by atoms with Gasteiger partial charge in [-0.3, -0.25) is 4.79 Å². The van der Waals surface area contributed by atoms with Gasteiger partial charge in [-0.05, 0) is 47.4 Å². The lowest BCUT2D eigenvalue weighted by Crippen LogP contribution is -2.49. The normalized spacial score (nSPS) is 14.2. The van der Waals surface area contributed by atoms with E-state index in [1.165, 1.54) is 18.3 Å². The van der Waals surface area contributed by atoms with E-state index in [9.17, 15) is 18.0 Å². The second-order valence-corrected chi connectivity index (χ2v) is 9.81. The van der Waals surface area contributed by atoms with Gasteiger partial charge in [0.2, 0.25) is 0 Å². The van der Waals surface area contributed by atoms with Crippen molar-refractivity contribution in [1.82, 2.24) is 14.9 Å². The van der Waals surface area contributed by atoms with Gasteiger partial charge in [0.25, 0.3) is 5.91 Å². The highest BCUT2D eigenvalue weighted by Gasteiger charge is 2.34. The number of pyridine rings is 1. The first kappa shape index (κ1) is 27.3. The Labute approximate surface area is 228 Å². The molecular weight excluding hydrogens is 528 g/mol. The van der Waals surface area contributed by atoms with Crippen LogP contribution in [0.4, 0.5) is 23.4 Å². The Morgan fingerprint density at radius 2 is 1.70 bits per heavy atom. The average Bonchev–Trinajstić information content (AvgIpc) is 3.38. The lowest BCUT2D eigenvalue weighted by atomic mass is 9.93. The third-order valence-corrected chi connectivity index (χ3v) is 6.97. The zero-order valence-electron chi connectivity index (χ0n) is 22.2. The fourth-order valence-corrected chi connectivity index (χ4v) is 5.02. The molecule has 1 aliphatic heterocycles. The second-order valence-electron chi connectivity index (χ2n) is 9.81. The van der Waals surface area contributed by atoms with Gasteiger partial charge in [0.15, 0.2) is 17.4 Å². The van der Waals surface area contributed by atoms with E-state index in [1.54, 1.807) is 29.0 Å². The van der Waals surface area contributed by atoms with Crippen LogP contribution in [0.5, 0.6) is 11.5 Å². The molecule has 0 aliphatic carbocycles. The van der Waals surface area contributed by atoms with Crippen LogP contribution in [0.15, 0.2) is 54.7 Å². The molecule has 210 valence electrons. The number of carbonyl (C=O) groups is 1. The maximum atomic E-state index is 15.6. The van der Waals surface area contributed by atoms with Gasteiger partial charge in [-0.1, -0.05) is 32.0 Å². The van der Waals surface area contributed by atoms with Crippen molar-refractivity contribution in [1.29, 1.82) is 0 Å². The van der Waals surface area contributed by atoms with E-state index in [1.807, 2.05) is 38.1 Å². The number of nitrogens with zero attached hydrogens (tertiary/aromatic N) is 3. The Hall–Kier alpha value is -4.28. The highest BCUT2D eigenvalue weighted by molar-refractivity contribution is 6.04. The molecule has 1 fully saturated rings. The lowest BCUT2D eigenvalue weighted by molar-refractivity contribution is -0.274. The maximum absolute atomic E-state index is 15.6. The minimum absolute atomic E-state index is 0.0577. The molecule has 0 saturated carbocycles. The molecular formula is C29H28F4N4O3. The summed E-state index contributed by atoms with van der Waals surface area (Å²) in [6.45, 7) is 4.75.